The number of aliphatic hydroxyl groups is 1. The molecule has 82 valence electrons. The molecule has 0 aromatic heterocycles. The molecule has 0 bridgehead atoms. The van der Waals surface area contributed by atoms with Crippen LogP contribution in [0.3, 0.4) is 0 Å². The number of nitrogens with zero attached hydrogens (tertiary/aromatic N) is 3. The van der Waals surface area contributed by atoms with Crippen LogP contribution in [0.1, 0.15) is 11.7 Å². The van der Waals surface area contributed by atoms with Crippen LogP contribution in [0.25, 0.3) is 0 Å². The zero-order valence-electron chi connectivity index (χ0n) is 7.73. The Bertz CT molecular complexity index is 461. The second-order valence-electron chi connectivity index (χ2n) is 2.76. The maximum atomic E-state index is 10.6. The van der Waals surface area contributed by atoms with Gasteiger partial charge >= 0.3 is 0 Å². The molecule has 0 heterocycles. The summed E-state index contributed by atoms with van der Waals surface area (Å²) in [6.45, 7) is 0. The van der Waals surface area contributed by atoms with E-state index >= 15 is 0 Å². The van der Waals surface area contributed by atoms with E-state index in [1.165, 1.54) is 6.07 Å². The van der Waals surface area contributed by atoms with Gasteiger partial charge < -0.3 is 5.11 Å². The number of nitro groups is 2. The van der Waals surface area contributed by atoms with Gasteiger partial charge in [0.05, 0.1) is 15.9 Å². The molecule has 0 saturated heterocycles. The number of hydrogen-bond acceptors (Lipinski definition) is 6. The molecule has 8 heteroatoms. The number of hydrogen-bond donors (Lipinski definition) is 1. The number of benzene rings is 1. The highest BCUT2D eigenvalue weighted by atomic mass is 16.6. The summed E-state index contributed by atoms with van der Waals surface area (Å²) in [6.07, 6.45) is -1.90. The Morgan fingerprint density at radius 3 is 2.00 bits per heavy atom. The molecule has 1 aromatic carbocycles. The van der Waals surface area contributed by atoms with E-state index in [4.69, 9.17) is 5.26 Å². The van der Waals surface area contributed by atoms with Gasteiger partial charge in [0.1, 0.15) is 5.56 Å². The Labute approximate surface area is 88.7 Å². The lowest BCUT2D eigenvalue weighted by Crippen LogP contribution is -2.04. The lowest BCUT2D eigenvalue weighted by molar-refractivity contribution is -0.396. The van der Waals surface area contributed by atoms with Crippen LogP contribution in [0.5, 0.6) is 0 Å². The summed E-state index contributed by atoms with van der Waals surface area (Å²) in [4.78, 5) is 19.4. The fourth-order valence-electron chi connectivity index (χ4n) is 1.20. The van der Waals surface area contributed by atoms with E-state index in [2.05, 4.69) is 0 Å². The van der Waals surface area contributed by atoms with Gasteiger partial charge in [-0.15, -0.1) is 0 Å². The molecule has 0 aliphatic heterocycles. The van der Waals surface area contributed by atoms with Crippen LogP contribution in [0.15, 0.2) is 18.2 Å². The molecule has 1 atom stereocenters. The molecule has 1 rings (SSSR count). The molecule has 0 radical (unpaired) electrons. The molecule has 16 heavy (non-hydrogen) atoms. The molecular weight excluding hydrogens is 218 g/mol. The summed E-state index contributed by atoms with van der Waals surface area (Å²) < 4.78 is 0. The van der Waals surface area contributed by atoms with Gasteiger partial charge in [-0.25, -0.2) is 0 Å². The maximum absolute atomic E-state index is 10.6. The zero-order valence-corrected chi connectivity index (χ0v) is 7.73. The second-order valence-corrected chi connectivity index (χ2v) is 2.76. The van der Waals surface area contributed by atoms with Crippen molar-refractivity contribution in [2.75, 3.05) is 0 Å². The third kappa shape index (κ3) is 1.94. The van der Waals surface area contributed by atoms with Crippen LogP contribution in [-0.2, 0) is 0 Å². The van der Waals surface area contributed by atoms with Gasteiger partial charge in [-0.2, -0.15) is 5.26 Å². The fourth-order valence-corrected chi connectivity index (χ4v) is 1.20. The first kappa shape index (κ1) is 11.5. The van der Waals surface area contributed by atoms with E-state index in [0.29, 0.717) is 0 Å². The molecule has 0 aliphatic rings. The largest absolute Gasteiger partial charge is 0.373 e. The number of rotatable bonds is 3. The van der Waals surface area contributed by atoms with Crippen molar-refractivity contribution in [2.45, 2.75) is 6.10 Å². The summed E-state index contributed by atoms with van der Waals surface area (Å²) in [5, 5.41) is 38.8. The van der Waals surface area contributed by atoms with Crippen molar-refractivity contribution >= 4 is 11.4 Å². The van der Waals surface area contributed by atoms with E-state index < -0.39 is 32.9 Å². The van der Waals surface area contributed by atoms with Crippen LogP contribution < -0.4 is 0 Å². The van der Waals surface area contributed by atoms with E-state index in [0.717, 1.165) is 18.2 Å². The lowest BCUT2D eigenvalue weighted by atomic mass is 10.1. The molecule has 1 aromatic rings. The van der Waals surface area contributed by atoms with Crippen LogP contribution in [0.2, 0.25) is 0 Å². The van der Waals surface area contributed by atoms with Crippen molar-refractivity contribution in [1.29, 1.82) is 5.26 Å². The van der Waals surface area contributed by atoms with Crippen molar-refractivity contribution in [3.8, 4) is 6.07 Å². The Morgan fingerprint density at radius 2 is 1.69 bits per heavy atom. The predicted molar refractivity (Wildman–Crippen MR) is 50.3 cm³/mol. The van der Waals surface area contributed by atoms with Crippen molar-refractivity contribution in [2.24, 2.45) is 0 Å². The van der Waals surface area contributed by atoms with Crippen molar-refractivity contribution in [3.05, 3.63) is 44.0 Å². The summed E-state index contributed by atoms with van der Waals surface area (Å²) >= 11 is 0. The first-order valence-electron chi connectivity index (χ1n) is 3.98. The number of nitro benzene ring substituents is 2. The Balaban J connectivity index is 3.54. The van der Waals surface area contributed by atoms with E-state index in [-0.39, 0.29) is 0 Å². The molecule has 0 fully saturated rings. The first-order chi connectivity index (χ1) is 7.49. The average molecular weight is 223 g/mol. The maximum Gasteiger partial charge on any atom is 0.283 e. The molecule has 0 saturated carbocycles. The minimum Gasteiger partial charge on any atom is -0.373 e. The van der Waals surface area contributed by atoms with Crippen LogP contribution in [-0.4, -0.2) is 15.0 Å². The lowest BCUT2D eigenvalue weighted by Gasteiger charge is -2.04. The summed E-state index contributed by atoms with van der Waals surface area (Å²) in [6, 6.07) is 4.41. The summed E-state index contributed by atoms with van der Waals surface area (Å²) in [7, 11) is 0. The third-order valence-corrected chi connectivity index (χ3v) is 1.85. The Hall–Kier alpha value is -2.53. The minimum atomic E-state index is -1.90. The highest BCUT2D eigenvalue weighted by Gasteiger charge is 2.29. The highest BCUT2D eigenvalue weighted by molar-refractivity contribution is 5.56. The minimum absolute atomic E-state index is 0.597. The standard InChI is InChI=1S/C8H5N3O5/c9-4-7(12)8-5(10(13)14)2-1-3-6(8)11(15)16/h1-3,7,12H. The Morgan fingerprint density at radius 1 is 1.25 bits per heavy atom. The molecule has 1 unspecified atom stereocenters. The third-order valence-electron chi connectivity index (χ3n) is 1.85. The van der Waals surface area contributed by atoms with Gasteiger partial charge in [-0.3, -0.25) is 20.2 Å². The Kier molecular flexibility index (Phi) is 3.12. The SMILES string of the molecule is N#CC(O)c1c([N+](=O)[O-])cccc1[N+](=O)[O-]. The van der Waals surface area contributed by atoms with Gasteiger partial charge in [0.15, 0.2) is 6.10 Å². The molecule has 0 spiro atoms. The van der Waals surface area contributed by atoms with Crippen LogP contribution in [0, 0.1) is 31.6 Å². The zero-order chi connectivity index (χ0) is 12.3. The van der Waals surface area contributed by atoms with Gasteiger partial charge in [-0.05, 0) is 6.07 Å². The van der Waals surface area contributed by atoms with Crippen molar-refractivity contribution < 1.29 is 15.0 Å². The van der Waals surface area contributed by atoms with Gasteiger partial charge in [0, 0.05) is 12.1 Å². The van der Waals surface area contributed by atoms with Crippen molar-refractivity contribution in [3.63, 3.8) is 0 Å². The van der Waals surface area contributed by atoms with E-state index in [1.807, 2.05) is 0 Å². The van der Waals surface area contributed by atoms with E-state index in [1.54, 1.807) is 0 Å². The number of aliphatic hydroxyl groups excluding tert-OH is 1. The smallest absolute Gasteiger partial charge is 0.283 e. The average Bonchev–Trinajstić information content (AvgIpc) is 2.26. The van der Waals surface area contributed by atoms with Crippen LogP contribution in [0.4, 0.5) is 11.4 Å². The molecule has 1 N–H and O–H groups in total. The monoisotopic (exact) mass is 223 g/mol. The molecule has 0 amide bonds. The van der Waals surface area contributed by atoms with Gasteiger partial charge in [-0.1, -0.05) is 0 Å². The quantitative estimate of drug-likeness (QED) is 0.463. The van der Waals surface area contributed by atoms with Crippen molar-refractivity contribution in [1.82, 2.24) is 0 Å². The van der Waals surface area contributed by atoms with E-state index in [9.17, 15) is 25.3 Å². The highest BCUT2D eigenvalue weighted by Crippen LogP contribution is 2.33. The van der Waals surface area contributed by atoms with Crippen LogP contribution >= 0.6 is 0 Å². The topological polar surface area (TPSA) is 130 Å². The van der Waals surface area contributed by atoms with Gasteiger partial charge in [0.2, 0.25) is 0 Å². The summed E-state index contributed by atoms with van der Waals surface area (Å²) in [5.74, 6) is 0. The fraction of sp³-hybridized carbons (Fsp3) is 0.125. The van der Waals surface area contributed by atoms with Gasteiger partial charge in [0.25, 0.3) is 11.4 Å². The molecule has 8 nitrogen and oxygen atoms in total. The molecular formula is C8H5N3O5. The number of nitriles is 1. The normalized spacial score (nSPS) is 11.5. The summed E-state index contributed by atoms with van der Waals surface area (Å²) in [5.41, 5.74) is -1.90. The molecule has 0 aliphatic carbocycles. The predicted octanol–water partition coefficient (Wildman–Crippen LogP) is 1.06. The second kappa shape index (κ2) is 4.33. The first-order valence-corrected chi connectivity index (χ1v) is 3.98.